The minimum atomic E-state index is -0.0789. The minimum absolute atomic E-state index is 0.0789. The monoisotopic (exact) mass is 434 g/mol. The Kier molecular flexibility index (Phi) is 9.58. The van der Waals surface area contributed by atoms with E-state index in [2.05, 4.69) is 52.7 Å². The molecule has 0 aliphatic carbocycles. The maximum absolute atomic E-state index is 11.3. The van der Waals surface area contributed by atoms with E-state index in [1.54, 1.807) is 11.8 Å². The summed E-state index contributed by atoms with van der Waals surface area (Å²) in [5.41, 5.74) is 4.26. The molecule has 0 N–H and O–H groups in total. The number of thioether (sulfide) groups is 1. The molecule has 0 fully saturated rings. The third-order valence-corrected chi connectivity index (χ3v) is 5.97. The maximum Gasteiger partial charge on any atom is 0.305 e. The number of aromatic nitrogens is 2. The van der Waals surface area contributed by atoms with Gasteiger partial charge in [-0.3, -0.25) is 4.79 Å². The quantitative estimate of drug-likeness (QED) is 0.178. The van der Waals surface area contributed by atoms with E-state index in [4.69, 9.17) is 4.74 Å². The van der Waals surface area contributed by atoms with Crippen LogP contribution in [0.1, 0.15) is 45.4 Å². The predicted molar refractivity (Wildman–Crippen MR) is 128 cm³/mol. The van der Waals surface area contributed by atoms with Gasteiger partial charge in [-0.05, 0) is 37.1 Å². The highest BCUT2D eigenvalue weighted by molar-refractivity contribution is 7.99. The number of esters is 1. The summed E-state index contributed by atoms with van der Waals surface area (Å²) in [6, 6.07) is 22.8. The van der Waals surface area contributed by atoms with E-state index >= 15 is 0 Å². The van der Waals surface area contributed by atoms with Crippen LogP contribution in [-0.4, -0.2) is 28.5 Å². The third kappa shape index (κ3) is 7.51. The summed E-state index contributed by atoms with van der Waals surface area (Å²) in [7, 11) is 0. The molecule has 0 amide bonds. The summed E-state index contributed by atoms with van der Waals surface area (Å²) >= 11 is 1.76. The highest BCUT2D eigenvalue weighted by Crippen LogP contribution is 2.32. The Balaban J connectivity index is 1.53. The number of benzene rings is 2. The van der Waals surface area contributed by atoms with E-state index in [0.29, 0.717) is 13.0 Å². The highest BCUT2D eigenvalue weighted by atomic mass is 32.2. The fourth-order valence-electron chi connectivity index (χ4n) is 3.40. The Morgan fingerprint density at radius 3 is 2.19 bits per heavy atom. The molecular formula is C26H30N2O2S. The van der Waals surface area contributed by atoms with Gasteiger partial charge < -0.3 is 4.74 Å². The Hall–Kier alpha value is -2.66. The van der Waals surface area contributed by atoms with Crippen LogP contribution in [0.2, 0.25) is 0 Å². The number of carbonyl (C=O) groups excluding carboxylic acids is 1. The lowest BCUT2D eigenvalue weighted by Gasteiger charge is -2.10. The number of unbranched alkanes of at least 4 members (excludes halogenated alkanes) is 4. The first-order chi connectivity index (χ1) is 15.3. The van der Waals surface area contributed by atoms with Gasteiger partial charge >= 0.3 is 5.97 Å². The van der Waals surface area contributed by atoms with Gasteiger partial charge in [0.1, 0.15) is 10.7 Å². The molecular weight excluding hydrogens is 404 g/mol. The van der Waals surface area contributed by atoms with Crippen molar-refractivity contribution in [3.63, 3.8) is 0 Å². The second kappa shape index (κ2) is 12.9. The molecule has 4 nitrogen and oxygen atoms in total. The van der Waals surface area contributed by atoms with Gasteiger partial charge in [0.25, 0.3) is 0 Å². The van der Waals surface area contributed by atoms with E-state index in [-0.39, 0.29) is 5.97 Å². The zero-order chi connectivity index (χ0) is 21.7. The summed E-state index contributed by atoms with van der Waals surface area (Å²) in [4.78, 5) is 11.3. The predicted octanol–water partition coefficient (Wildman–Crippen LogP) is 6.81. The lowest BCUT2D eigenvalue weighted by atomic mass is 10.0. The van der Waals surface area contributed by atoms with Crippen molar-refractivity contribution < 1.29 is 9.53 Å². The van der Waals surface area contributed by atoms with E-state index in [0.717, 1.165) is 65.3 Å². The van der Waals surface area contributed by atoms with Crippen LogP contribution in [0.25, 0.3) is 22.4 Å². The molecule has 1 heterocycles. The van der Waals surface area contributed by atoms with Crippen molar-refractivity contribution in [1.29, 1.82) is 0 Å². The molecule has 0 spiro atoms. The van der Waals surface area contributed by atoms with Gasteiger partial charge in [0.05, 0.1) is 6.61 Å². The molecule has 162 valence electrons. The molecule has 1 aromatic heterocycles. The number of carbonyl (C=O) groups is 1. The number of hydrogen-bond acceptors (Lipinski definition) is 5. The first-order valence-corrected chi connectivity index (χ1v) is 12.0. The van der Waals surface area contributed by atoms with E-state index in [1.165, 1.54) is 0 Å². The molecule has 0 radical (unpaired) electrons. The van der Waals surface area contributed by atoms with Gasteiger partial charge in [-0.15, -0.1) is 22.0 Å². The number of rotatable bonds is 12. The van der Waals surface area contributed by atoms with Crippen LogP contribution < -0.4 is 0 Å². The standard InChI is InChI=1S/C26H30N2O2S/c1-2-30-25(29)18-12-4-3-5-13-19-31-24-20-23(21-14-8-6-9-15-21)26(28-27-24)22-16-10-7-11-17-22/h6-11,14-17,20H,2-5,12-13,18-19H2,1H3. The largest absolute Gasteiger partial charge is 0.466 e. The fourth-order valence-corrected chi connectivity index (χ4v) is 4.26. The van der Waals surface area contributed by atoms with Crippen LogP contribution in [0, 0.1) is 0 Å². The van der Waals surface area contributed by atoms with Crippen molar-refractivity contribution in [2.24, 2.45) is 0 Å². The molecule has 0 saturated carbocycles. The molecule has 0 aliphatic rings. The Bertz CT molecular complexity index is 933. The van der Waals surface area contributed by atoms with Crippen molar-refractivity contribution >= 4 is 17.7 Å². The van der Waals surface area contributed by atoms with Gasteiger partial charge in [-0.25, -0.2) is 0 Å². The number of nitrogens with zero attached hydrogens (tertiary/aromatic N) is 2. The second-order valence-corrected chi connectivity index (χ2v) is 8.46. The first kappa shape index (κ1) is 23.0. The summed E-state index contributed by atoms with van der Waals surface area (Å²) < 4.78 is 4.96. The Labute approximate surface area is 189 Å². The fraction of sp³-hybridized carbons (Fsp3) is 0.346. The van der Waals surface area contributed by atoms with Crippen molar-refractivity contribution in [3.05, 3.63) is 66.7 Å². The molecule has 5 heteroatoms. The smallest absolute Gasteiger partial charge is 0.305 e. The lowest BCUT2D eigenvalue weighted by molar-refractivity contribution is -0.143. The van der Waals surface area contributed by atoms with Gasteiger partial charge in [-0.1, -0.05) is 79.9 Å². The zero-order valence-electron chi connectivity index (χ0n) is 18.1. The second-order valence-electron chi connectivity index (χ2n) is 7.35. The highest BCUT2D eigenvalue weighted by Gasteiger charge is 2.11. The van der Waals surface area contributed by atoms with Crippen LogP contribution in [-0.2, 0) is 9.53 Å². The number of ether oxygens (including phenoxy) is 1. The van der Waals surface area contributed by atoms with Gasteiger partial charge in [0, 0.05) is 17.5 Å². The van der Waals surface area contributed by atoms with Crippen LogP contribution in [0.5, 0.6) is 0 Å². The molecule has 3 rings (SSSR count). The molecule has 0 aliphatic heterocycles. The van der Waals surface area contributed by atoms with Crippen LogP contribution in [0.15, 0.2) is 71.8 Å². The molecule has 31 heavy (non-hydrogen) atoms. The van der Waals surface area contributed by atoms with E-state index in [1.807, 2.05) is 31.2 Å². The average Bonchev–Trinajstić information content (AvgIpc) is 2.82. The molecule has 0 bridgehead atoms. The summed E-state index contributed by atoms with van der Waals surface area (Å²) in [5, 5.41) is 10.0. The summed E-state index contributed by atoms with van der Waals surface area (Å²) in [6.07, 6.45) is 5.97. The summed E-state index contributed by atoms with van der Waals surface area (Å²) in [6.45, 7) is 2.31. The van der Waals surface area contributed by atoms with Crippen molar-refractivity contribution in [1.82, 2.24) is 10.2 Å². The Morgan fingerprint density at radius 2 is 1.48 bits per heavy atom. The molecule has 0 saturated heterocycles. The van der Waals surface area contributed by atoms with E-state index in [9.17, 15) is 4.79 Å². The first-order valence-electron chi connectivity index (χ1n) is 11.0. The molecule has 0 unspecified atom stereocenters. The topological polar surface area (TPSA) is 52.1 Å². The number of hydrogen-bond donors (Lipinski definition) is 0. The van der Waals surface area contributed by atoms with Gasteiger partial charge in [-0.2, -0.15) is 0 Å². The maximum atomic E-state index is 11.3. The van der Waals surface area contributed by atoms with Gasteiger partial charge in [0.2, 0.25) is 0 Å². The van der Waals surface area contributed by atoms with Crippen molar-refractivity contribution in [2.75, 3.05) is 12.4 Å². The van der Waals surface area contributed by atoms with Crippen LogP contribution in [0.3, 0.4) is 0 Å². The lowest BCUT2D eigenvalue weighted by Crippen LogP contribution is -2.03. The zero-order valence-corrected chi connectivity index (χ0v) is 18.9. The van der Waals surface area contributed by atoms with Crippen LogP contribution >= 0.6 is 11.8 Å². The Morgan fingerprint density at radius 1 is 0.839 bits per heavy atom. The molecule has 0 atom stereocenters. The minimum Gasteiger partial charge on any atom is -0.466 e. The third-order valence-electron chi connectivity index (χ3n) is 4.98. The SMILES string of the molecule is CCOC(=O)CCCCCCCSc1cc(-c2ccccc2)c(-c2ccccc2)nn1. The molecule has 2 aromatic carbocycles. The normalized spacial score (nSPS) is 10.7. The summed E-state index contributed by atoms with van der Waals surface area (Å²) in [5.74, 6) is 0.940. The van der Waals surface area contributed by atoms with E-state index < -0.39 is 0 Å². The van der Waals surface area contributed by atoms with Crippen LogP contribution in [0.4, 0.5) is 0 Å². The molecule has 3 aromatic rings. The average molecular weight is 435 g/mol. The van der Waals surface area contributed by atoms with Crippen molar-refractivity contribution in [2.45, 2.75) is 50.5 Å². The van der Waals surface area contributed by atoms with Gasteiger partial charge in [0.15, 0.2) is 0 Å². The van der Waals surface area contributed by atoms with Crippen molar-refractivity contribution in [3.8, 4) is 22.4 Å².